The minimum absolute atomic E-state index is 0.0785. The minimum atomic E-state index is -0.727. The summed E-state index contributed by atoms with van der Waals surface area (Å²) in [5, 5.41) is 7.75. The molecule has 28 heavy (non-hydrogen) atoms. The molecule has 0 amide bonds. The lowest BCUT2D eigenvalue weighted by molar-refractivity contribution is -0.157. The summed E-state index contributed by atoms with van der Waals surface area (Å²) in [6.07, 6.45) is 0. The Morgan fingerprint density at radius 1 is 1.14 bits per heavy atom. The van der Waals surface area contributed by atoms with Crippen LogP contribution in [0.4, 0.5) is 0 Å². The Hall–Kier alpha value is -3.43. The summed E-state index contributed by atoms with van der Waals surface area (Å²) < 4.78 is 16.7. The summed E-state index contributed by atoms with van der Waals surface area (Å²) in [6, 6.07) is 2.96. The summed E-state index contributed by atoms with van der Waals surface area (Å²) in [4.78, 5) is 40.3. The first-order chi connectivity index (χ1) is 13.2. The van der Waals surface area contributed by atoms with E-state index in [-0.39, 0.29) is 28.7 Å². The van der Waals surface area contributed by atoms with Gasteiger partial charge >= 0.3 is 5.97 Å². The first-order valence-electron chi connectivity index (χ1n) is 8.40. The topological polar surface area (TPSA) is 125 Å². The number of aromatic nitrogens is 4. The van der Waals surface area contributed by atoms with E-state index in [1.165, 1.54) is 26.4 Å². The van der Waals surface area contributed by atoms with Crippen molar-refractivity contribution in [2.45, 2.75) is 27.5 Å². The number of carbonyl (C=O) groups is 1. The molecule has 0 bridgehead atoms. The van der Waals surface area contributed by atoms with Crippen molar-refractivity contribution in [1.82, 2.24) is 20.0 Å². The Labute approximate surface area is 159 Å². The lowest BCUT2D eigenvalue weighted by atomic mass is 9.98. The van der Waals surface area contributed by atoms with Crippen molar-refractivity contribution in [2.75, 3.05) is 14.2 Å². The summed E-state index contributed by atoms with van der Waals surface area (Å²) >= 11 is 0. The molecule has 1 N–H and O–H groups in total. The average molecular weight is 388 g/mol. The number of benzene rings is 1. The molecule has 0 saturated carbocycles. The number of methoxy groups -OCH3 is 2. The number of rotatable bonds is 4. The van der Waals surface area contributed by atoms with E-state index in [1.54, 1.807) is 20.8 Å². The number of hydrogen-bond donors (Lipinski definition) is 1. The van der Waals surface area contributed by atoms with Crippen molar-refractivity contribution >= 4 is 27.9 Å². The third-order valence-electron chi connectivity index (χ3n) is 4.11. The fourth-order valence-corrected chi connectivity index (χ4v) is 2.60. The molecule has 3 aromatic rings. The Morgan fingerprint density at radius 2 is 1.79 bits per heavy atom. The molecule has 1 aromatic carbocycles. The molecule has 0 unspecified atom stereocenters. The van der Waals surface area contributed by atoms with Crippen molar-refractivity contribution in [2.24, 2.45) is 5.41 Å². The highest BCUT2D eigenvalue weighted by Gasteiger charge is 2.24. The summed E-state index contributed by atoms with van der Waals surface area (Å²) in [5.74, 6) is 0.202. The van der Waals surface area contributed by atoms with E-state index in [9.17, 15) is 14.4 Å². The van der Waals surface area contributed by atoms with Gasteiger partial charge in [0.25, 0.3) is 5.56 Å². The number of ether oxygens (including phenoxy) is 3. The van der Waals surface area contributed by atoms with Gasteiger partial charge in [-0.2, -0.15) is 0 Å². The lowest BCUT2D eigenvalue weighted by Gasteiger charge is -2.16. The lowest BCUT2D eigenvalue weighted by Crippen LogP contribution is -2.24. The molecule has 0 fully saturated rings. The van der Waals surface area contributed by atoms with E-state index in [4.69, 9.17) is 14.2 Å². The number of aromatic amines is 1. The molecule has 10 nitrogen and oxygen atoms in total. The highest BCUT2D eigenvalue weighted by molar-refractivity contribution is 5.89. The van der Waals surface area contributed by atoms with Crippen molar-refractivity contribution in [3.05, 3.63) is 32.7 Å². The van der Waals surface area contributed by atoms with Crippen LogP contribution in [-0.2, 0) is 16.3 Å². The molecular weight excluding hydrogens is 368 g/mol. The Kier molecular flexibility index (Phi) is 4.80. The molecule has 3 rings (SSSR count). The van der Waals surface area contributed by atoms with E-state index >= 15 is 0 Å². The predicted molar refractivity (Wildman–Crippen MR) is 101 cm³/mol. The van der Waals surface area contributed by atoms with Crippen molar-refractivity contribution < 1.29 is 19.0 Å². The average Bonchev–Trinajstić information content (AvgIpc) is 3.04. The van der Waals surface area contributed by atoms with Crippen molar-refractivity contribution in [3.63, 3.8) is 0 Å². The predicted octanol–water partition coefficient (Wildman–Crippen LogP) is 1.20. The number of carbonyl (C=O) groups excluding carboxylic acids is 1. The first kappa shape index (κ1) is 19.3. The third kappa shape index (κ3) is 3.28. The van der Waals surface area contributed by atoms with E-state index in [2.05, 4.69) is 15.3 Å². The maximum Gasteiger partial charge on any atom is 0.313 e. The van der Waals surface area contributed by atoms with Gasteiger partial charge in [-0.15, -0.1) is 5.10 Å². The van der Waals surface area contributed by atoms with Gasteiger partial charge in [0.2, 0.25) is 5.43 Å². The fourth-order valence-electron chi connectivity index (χ4n) is 2.60. The third-order valence-corrected chi connectivity index (χ3v) is 4.11. The van der Waals surface area contributed by atoms with Crippen LogP contribution in [0.1, 0.15) is 20.8 Å². The van der Waals surface area contributed by atoms with Gasteiger partial charge < -0.3 is 19.2 Å². The number of fused-ring (bicyclic) bond motifs is 2. The molecule has 10 heteroatoms. The normalized spacial score (nSPS) is 11.6. The van der Waals surface area contributed by atoms with Gasteiger partial charge in [0.05, 0.1) is 30.5 Å². The first-order valence-corrected chi connectivity index (χ1v) is 8.40. The molecule has 0 aliphatic heterocycles. The molecule has 2 aromatic heterocycles. The number of H-pyrrole nitrogens is 1. The Morgan fingerprint density at radius 3 is 2.39 bits per heavy atom. The summed E-state index contributed by atoms with van der Waals surface area (Å²) in [6.45, 7) is 4.75. The summed E-state index contributed by atoms with van der Waals surface area (Å²) in [7, 11) is 2.88. The molecule has 0 saturated heterocycles. The molecule has 0 aliphatic rings. The zero-order valence-electron chi connectivity index (χ0n) is 16.2. The second-order valence-corrected chi connectivity index (χ2v) is 7.13. The maximum absolute atomic E-state index is 13.1. The van der Waals surface area contributed by atoms with Gasteiger partial charge in [-0.05, 0) is 26.8 Å². The summed E-state index contributed by atoms with van der Waals surface area (Å²) in [5.41, 5.74) is -1.83. The van der Waals surface area contributed by atoms with E-state index in [0.717, 1.165) is 4.68 Å². The highest BCUT2D eigenvalue weighted by atomic mass is 16.5. The van der Waals surface area contributed by atoms with Crippen LogP contribution in [-0.4, -0.2) is 40.2 Å². The molecule has 0 atom stereocenters. The zero-order valence-corrected chi connectivity index (χ0v) is 16.2. The van der Waals surface area contributed by atoms with Gasteiger partial charge in [0.1, 0.15) is 5.52 Å². The number of nitrogens with zero attached hydrogens (tertiary/aromatic N) is 3. The molecule has 148 valence electrons. The SMILES string of the molecule is COc1cc2[nH]c(=O)c3nnn(COC(=O)C(C)(C)C)c3c(=O)c2cc1OC. The quantitative estimate of drug-likeness (QED) is 0.661. The van der Waals surface area contributed by atoms with Crippen molar-refractivity contribution in [3.8, 4) is 11.5 Å². The van der Waals surface area contributed by atoms with Crippen LogP contribution in [0.15, 0.2) is 21.7 Å². The van der Waals surface area contributed by atoms with Crippen LogP contribution < -0.4 is 20.5 Å². The fraction of sp³-hybridized carbons (Fsp3) is 0.389. The molecule has 0 radical (unpaired) electrons. The Bertz CT molecular complexity index is 1190. The van der Waals surface area contributed by atoms with Crippen LogP contribution in [0.3, 0.4) is 0 Å². The number of nitrogens with one attached hydrogen (secondary N) is 1. The molecule has 2 heterocycles. The van der Waals surface area contributed by atoms with Crippen LogP contribution in [0.5, 0.6) is 11.5 Å². The van der Waals surface area contributed by atoms with Gasteiger partial charge in [-0.3, -0.25) is 14.4 Å². The second kappa shape index (κ2) is 6.95. The van der Waals surface area contributed by atoms with Gasteiger partial charge in [-0.1, -0.05) is 5.21 Å². The monoisotopic (exact) mass is 388 g/mol. The van der Waals surface area contributed by atoms with Crippen LogP contribution in [0.2, 0.25) is 0 Å². The highest BCUT2D eigenvalue weighted by Crippen LogP contribution is 2.29. The van der Waals surface area contributed by atoms with Crippen LogP contribution in [0, 0.1) is 5.41 Å². The largest absolute Gasteiger partial charge is 0.493 e. The standard InChI is InChI=1S/C18H20N4O6/c1-18(2,3)17(25)28-8-22-14-13(20-21-22)16(24)19-10-7-12(27-5)11(26-4)6-9(10)15(14)23/h6-7H,8H2,1-5H3,(H,19,24). The Balaban J connectivity index is 2.25. The van der Waals surface area contributed by atoms with Gasteiger partial charge in [-0.25, -0.2) is 4.68 Å². The smallest absolute Gasteiger partial charge is 0.313 e. The van der Waals surface area contributed by atoms with E-state index in [1.807, 2.05) is 0 Å². The van der Waals surface area contributed by atoms with Crippen LogP contribution >= 0.6 is 0 Å². The molecular formula is C18H20N4O6. The van der Waals surface area contributed by atoms with E-state index in [0.29, 0.717) is 11.5 Å². The van der Waals surface area contributed by atoms with Crippen molar-refractivity contribution in [1.29, 1.82) is 0 Å². The number of esters is 1. The minimum Gasteiger partial charge on any atom is -0.493 e. The van der Waals surface area contributed by atoms with Crippen LogP contribution in [0.25, 0.3) is 21.9 Å². The van der Waals surface area contributed by atoms with Gasteiger partial charge in [0, 0.05) is 6.07 Å². The molecule has 0 spiro atoms. The van der Waals surface area contributed by atoms with Gasteiger partial charge in [0.15, 0.2) is 23.7 Å². The molecule has 0 aliphatic carbocycles. The number of hydrogen-bond acceptors (Lipinski definition) is 8. The maximum atomic E-state index is 13.1. The van der Waals surface area contributed by atoms with E-state index < -0.39 is 22.4 Å². The second-order valence-electron chi connectivity index (χ2n) is 7.13. The zero-order chi connectivity index (χ0) is 20.6.